The molecular weight excluding hydrogens is 319 g/mol. The summed E-state index contributed by atoms with van der Waals surface area (Å²) in [5.74, 6) is 0.347. The second-order valence-electron chi connectivity index (χ2n) is 4.65. The lowest BCUT2D eigenvalue weighted by Gasteiger charge is -2.27. The maximum Gasteiger partial charge on any atom is 0.422 e. The highest BCUT2D eigenvalue weighted by Crippen LogP contribution is 2.31. The summed E-state index contributed by atoms with van der Waals surface area (Å²) in [6.07, 6.45) is -3.79. The molecule has 0 saturated heterocycles. The molecule has 1 heterocycles. The number of carbonyl (C=O) groups excluding carboxylic acids is 1. The number of amides is 2. The van der Waals surface area contributed by atoms with Crippen LogP contribution in [0.3, 0.4) is 0 Å². The van der Waals surface area contributed by atoms with E-state index in [2.05, 4.69) is 15.2 Å². The molecule has 2 amide bonds. The molecule has 1 aromatic rings. The van der Waals surface area contributed by atoms with Crippen LogP contribution in [0.2, 0.25) is 0 Å². The molecule has 1 rings (SSSR count). The number of ether oxygens (including phenoxy) is 1. The Balaban J connectivity index is 2.54. The highest BCUT2D eigenvalue weighted by atomic mass is 19.4. The van der Waals surface area contributed by atoms with E-state index in [1.807, 2.05) is 5.32 Å². The van der Waals surface area contributed by atoms with Crippen LogP contribution in [0, 0.1) is 6.92 Å². The summed E-state index contributed by atoms with van der Waals surface area (Å²) in [7, 11) is 0. The van der Waals surface area contributed by atoms with Gasteiger partial charge in [0.05, 0.1) is 31.7 Å². The zero-order valence-corrected chi connectivity index (χ0v) is 12.6. The zero-order valence-electron chi connectivity index (χ0n) is 12.6. The number of urea groups is 1. The Labute approximate surface area is 130 Å². The van der Waals surface area contributed by atoms with Crippen molar-refractivity contribution in [2.75, 3.05) is 13.2 Å². The normalized spacial score (nSPS) is 14.5. The molecule has 0 aromatic carbocycles. The van der Waals surface area contributed by atoms with E-state index in [0.717, 1.165) is 6.26 Å². The Morgan fingerprint density at radius 3 is 2.70 bits per heavy atom. The van der Waals surface area contributed by atoms with Crippen LogP contribution in [0.5, 0.6) is 0 Å². The predicted octanol–water partition coefficient (Wildman–Crippen LogP) is 1.63. The summed E-state index contributed by atoms with van der Waals surface area (Å²) in [5, 5.41) is 17.5. The molecule has 23 heavy (non-hydrogen) atoms. The van der Waals surface area contributed by atoms with Gasteiger partial charge in [-0.3, -0.25) is 0 Å². The van der Waals surface area contributed by atoms with Gasteiger partial charge in [-0.25, -0.2) is 4.79 Å². The fraction of sp³-hybridized carbons (Fsp3) is 0.538. The molecule has 0 bridgehead atoms. The topological polar surface area (TPSA) is 96.6 Å². The van der Waals surface area contributed by atoms with Gasteiger partial charge >= 0.3 is 12.2 Å². The molecule has 0 spiro atoms. The average molecular weight is 337 g/mol. The molecule has 1 atom stereocenters. The summed E-state index contributed by atoms with van der Waals surface area (Å²) in [6, 6.07) is 0.670. The standard InChI is InChI=1S/C13H18F3N3O4/c1-3-22-5-4-12(21,13(14,15)16)8-18-11(20)17-7-10-6-9(2)19-23-10/h4-6,21H,3,7-8H2,1-2H3,(H2,17,18,20). The van der Waals surface area contributed by atoms with Crippen molar-refractivity contribution < 1.29 is 32.3 Å². The number of hydrogen-bond acceptors (Lipinski definition) is 5. The number of alkyl halides is 3. The summed E-state index contributed by atoms with van der Waals surface area (Å²) < 4.78 is 48.1. The first kappa shape index (κ1) is 18.8. The maximum absolute atomic E-state index is 12.9. The Hall–Kier alpha value is -2.23. The summed E-state index contributed by atoms with van der Waals surface area (Å²) in [6.45, 7) is 2.29. The third-order valence-corrected chi connectivity index (χ3v) is 2.72. The first-order valence-corrected chi connectivity index (χ1v) is 6.70. The van der Waals surface area contributed by atoms with E-state index < -0.39 is 24.4 Å². The Kier molecular flexibility index (Phi) is 6.43. The average Bonchev–Trinajstić information content (AvgIpc) is 2.88. The highest BCUT2D eigenvalue weighted by Gasteiger charge is 2.52. The molecule has 3 N–H and O–H groups in total. The monoisotopic (exact) mass is 337 g/mol. The SMILES string of the molecule is CCOC=CC(O)(CNC(=O)NCc1cc(C)no1)C(F)(F)F. The number of nitrogens with zero attached hydrogens (tertiary/aromatic N) is 1. The first-order chi connectivity index (χ1) is 10.7. The molecule has 7 nitrogen and oxygen atoms in total. The minimum absolute atomic E-state index is 0.0497. The van der Waals surface area contributed by atoms with Gasteiger partial charge in [0, 0.05) is 6.07 Å². The zero-order chi connectivity index (χ0) is 17.5. The Morgan fingerprint density at radius 1 is 1.48 bits per heavy atom. The van der Waals surface area contributed by atoms with E-state index in [0.29, 0.717) is 17.5 Å². The quantitative estimate of drug-likeness (QED) is 0.657. The lowest BCUT2D eigenvalue weighted by Crippen LogP contribution is -2.53. The number of nitrogens with one attached hydrogen (secondary N) is 2. The third-order valence-electron chi connectivity index (χ3n) is 2.72. The second kappa shape index (κ2) is 7.86. The lowest BCUT2D eigenvalue weighted by molar-refractivity contribution is -0.237. The van der Waals surface area contributed by atoms with Gasteiger partial charge in [-0.1, -0.05) is 5.16 Å². The molecule has 0 aliphatic carbocycles. The highest BCUT2D eigenvalue weighted by molar-refractivity contribution is 5.73. The first-order valence-electron chi connectivity index (χ1n) is 6.70. The van der Waals surface area contributed by atoms with Crippen LogP contribution < -0.4 is 10.6 Å². The summed E-state index contributed by atoms with van der Waals surface area (Å²) >= 11 is 0. The van der Waals surface area contributed by atoms with Crippen molar-refractivity contribution in [3.8, 4) is 0 Å². The molecule has 0 radical (unpaired) electrons. The van der Waals surface area contributed by atoms with E-state index in [9.17, 15) is 23.1 Å². The molecule has 130 valence electrons. The molecule has 0 aliphatic heterocycles. The van der Waals surface area contributed by atoms with Crippen molar-refractivity contribution in [1.82, 2.24) is 15.8 Å². The van der Waals surface area contributed by atoms with Gasteiger partial charge in [0.15, 0.2) is 11.4 Å². The molecule has 0 saturated carbocycles. The number of halogens is 3. The van der Waals surface area contributed by atoms with Gasteiger partial charge in [-0.2, -0.15) is 13.2 Å². The van der Waals surface area contributed by atoms with E-state index in [1.165, 1.54) is 0 Å². The molecule has 0 aliphatic rings. The maximum atomic E-state index is 12.9. The van der Waals surface area contributed by atoms with Crippen molar-refractivity contribution in [2.45, 2.75) is 32.2 Å². The molecule has 1 aromatic heterocycles. The third kappa shape index (κ3) is 5.81. The largest absolute Gasteiger partial charge is 0.502 e. The molecular formula is C13H18F3N3O4. The van der Waals surface area contributed by atoms with E-state index >= 15 is 0 Å². The number of aliphatic hydroxyl groups is 1. The summed E-state index contributed by atoms with van der Waals surface area (Å²) in [5.41, 5.74) is -2.63. The number of hydrogen-bond donors (Lipinski definition) is 3. The van der Waals surface area contributed by atoms with E-state index in [-0.39, 0.29) is 13.2 Å². The minimum Gasteiger partial charge on any atom is -0.502 e. The van der Waals surface area contributed by atoms with Crippen molar-refractivity contribution in [1.29, 1.82) is 0 Å². The van der Waals surface area contributed by atoms with E-state index in [4.69, 9.17) is 4.52 Å². The van der Waals surface area contributed by atoms with Gasteiger partial charge in [-0.05, 0) is 19.9 Å². The molecule has 10 heteroatoms. The lowest BCUT2D eigenvalue weighted by atomic mass is 10.0. The second-order valence-corrected chi connectivity index (χ2v) is 4.65. The van der Waals surface area contributed by atoms with Crippen LogP contribution in [-0.4, -0.2) is 41.2 Å². The Bertz CT molecular complexity index is 545. The van der Waals surface area contributed by atoms with Crippen LogP contribution in [0.25, 0.3) is 0 Å². The Morgan fingerprint density at radius 2 is 2.17 bits per heavy atom. The van der Waals surface area contributed by atoms with Crippen LogP contribution >= 0.6 is 0 Å². The predicted molar refractivity (Wildman–Crippen MR) is 73.2 cm³/mol. The van der Waals surface area contributed by atoms with Crippen LogP contribution in [0.1, 0.15) is 18.4 Å². The number of aryl methyl sites for hydroxylation is 1. The minimum atomic E-state index is -4.98. The smallest absolute Gasteiger partial charge is 0.422 e. The molecule has 0 fully saturated rings. The summed E-state index contributed by atoms with van der Waals surface area (Å²) in [4.78, 5) is 11.5. The number of aromatic nitrogens is 1. The van der Waals surface area contributed by atoms with Gasteiger partial charge in [-0.15, -0.1) is 0 Å². The van der Waals surface area contributed by atoms with Crippen molar-refractivity contribution in [3.05, 3.63) is 29.9 Å². The van der Waals surface area contributed by atoms with Crippen molar-refractivity contribution in [2.24, 2.45) is 0 Å². The van der Waals surface area contributed by atoms with Crippen LogP contribution in [0.4, 0.5) is 18.0 Å². The van der Waals surface area contributed by atoms with Gasteiger partial charge in [0.25, 0.3) is 0 Å². The van der Waals surface area contributed by atoms with Gasteiger partial charge < -0.3 is 25.0 Å². The fourth-order valence-corrected chi connectivity index (χ4v) is 1.46. The number of rotatable bonds is 7. The molecule has 1 unspecified atom stereocenters. The van der Waals surface area contributed by atoms with Crippen LogP contribution in [0.15, 0.2) is 22.9 Å². The van der Waals surface area contributed by atoms with Crippen LogP contribution in [-0.2, 0) is 11.3 Å². The van der Waals surface area contributed by atoms with E-state index in [1.54, 1.807) is 19.9 Å². The van der Waals surface area contributed by atoms with Gasteiger partial charge in [0.1, 0.15) is 0 Å². The fourth-order valence-electron chi connectivity index (χ4n) is 1.46. The van der Waals surface area contributed by atoms with Crippen molar-refractivity contribution in [3.63, 3.8) is 0 Å². The van der Waals surface area contributed by atoms with Crippen molar-refractivity contribution >= 4 is 6.03 Å². The van der Waals surface area contributed by atoms with Gasteiger partial charge in [0.2, 0.25) is 0 Å². The number of carbonyl (C=O) groups is 1.